The lowest BCUT2D eigenvalue weighted by Crippen LogP contribution is -2.10. The van der Waals surface area contributed by atoms with E-state index in [0.717, 1.165) is 5.92 Å². The van der Waals surface area contributed by atoms with Gasteiger partial charge in [0.2, 0.25) is 0 Å². The molecule has 0 atom stereocenters. The summed E-state index contributed by atoms with van der Waals surface area (Å²) in [6, 6.07) is 9.19. The lowest BCUT2D eigenvalue weighted by atomic mass is 9.86. The first kappa shape index (κ1) is 9.76. The molecule has 0 N–H and O–H groups in total. The second kappa shape index (κ2) is 3.42. The van der Waals surface area contributed by atoms with Crippen molar-refractivity contribution < 1.29 is 0 Å². The van der Waals surface area contributed by atoms with Gasteiger partial charge in [0, 0.05) is 0 Å². The third kappa shape index (κ3) is 2.37. The largest absolute Gasteiger partial charge is 0.0587 e. The third-order valence-corrected chi connectivity index (χ3v) is 3.04. The highest BCUT2D eigenvalue weighted by molar-refractivity contribution is 5.28. The van der Waals surface area contributed by atoms with Crippen molar-refractivity contribution in [3.05, 3.63) is 35.4 Å². The summed E-state index contributed by atoms with van der Waals surface area (Å²) in [5, 5.41) is 0. The molecule has 1 aliphatic rings. The quantitative estimate of drug-likeness (QED) is 0.659. The monoisotopic (exact) mass is 188 g/mol. The molecule has 0 saturated heterocycles. The van der Waals surface area contributed by atoms with Gasteiger partial charge < -0.3 is 0 Å². The zero-order valence-electron chi connectivity index (χ0n) is 9.51. The summed E-state index contributed by atoms with van der Waals surface area (Å²) in [6.45, 7) is 6.80. The van der Waals surface area contributed by atoms with E-state index in [1.165, 1.54) is 30.4 Å². The zero-order valence-corrected chi connectivity index (χ0v) is 9.51. The second-order valence-electron chi connectivity index (χ2n) is 5.59. The summed E-state index contributed by atoms with van der Waals surface area (Å²) in [5.41, 5.74) is 3.25. The van der Waals surface area contributed by atoms with Crippen molar-refractivity contribution in [2.75, 3.05) is 0 Å². The molecule has 76 valence electrons. The second-order valence-corrected chi connectivity index (χ2v) is 5.59. The first-order valence-corrected chi connectivity index (χ1v) is 5.65. The molecule has 0 aromatic heterocycles. The molecule has 0 spiro atoms. The molecule has 1 aliphatic carbocycles. The molecule has 0 radical (unpaired) electrons. The van der Waals surface area contributed by atoms with E-state index < -0.39 is 0 Å². The van der Waals surface area contributed by atoms with Crippen LogP contribution in [0.25, 0.3) is 0 Å². The van der Waals surface area contributed by atoms with Gasteiger partial charge in [-0.3, -0.25) is 0 Å². The predicted octanol–water partition coefficient (Wildman–Crippen LogP) is 3.94. The van der Waals surface area contributed by atoms with Crippen molar-refractivity contribution in [3.8, 4) is 0 Å². The van der Waals surface area contributed by atoms with Gasteiger partial charge in [-0.1, -0.05) is 45.0 Å². The zero-order chi connectivity index (χ0) is 10.2. The Hall–Kier alpha value is -0.780. The molecule has 14 heavy (non-hydrogen) atoms. The fourth-order valence-corrected chi connectivity index (χ4v) is 1.80. The predicted molar refractivity (Wildman–Crippen MR) is 61.6 cm³/mol. The fourth-order valence-electron chi connectivity index (χ4n) is 1.80. The Morgan fingerprint density at radius 3 is 2.07 bits per heavy atom. The number of benzene rings is 1. The molecular weight excluding hydrogens is 168 g/mol. The highest BCUT2D eigenvalue weighted by atomic mass is 14.3. The van der Waals surface area contributed by atoms with Gasteiger partial charge in [-0.05, 0) is 41.7 Å². The van der Waals surface area contributed by atoms with Crippen molar-refractivity contribution in [1.82, 2.24) is 0 Å². The van der Waals surface area contributed by atoms with Crippen LogP contribution >= 0.6 is 0 Å². The fraction of sp³-hybridized carbons (Fsp3) is 0.571. The van der Waals surface area contributed by atoms with Crippen molar-refractivity contribution in [2.45, 2.75) is 45.4 Å². The van der Waals surface area contributed by atoms with Gasteiger partial charge >= 0.3 is 0 Å². The highest BCUT2D eigenvalue weighted by Crippen LogP contribution is 2.33. The molecule has 2 rings (SSSR count). The Kier molecular flexibility index (Phi) is 2.38. The van der Waals surface area contributed by atoms with E-state index in [1.54, 1.807) is 0 Å². The standard InChI is InChI=1S/C14H20/c1-14(2,3)13-8-6-12(7-9-13)10-11-4-5-11/h6-9,11H,4-5,10H2,1-3H3. The lowest BCUT2D eigenvalue weighted by molar-refractivity contribution is 0.590. The minimum atomic E-state index is 0.290. The van der Waals surface area contributed by atoms with Crippen LogP contribution in [0.5, 0.6) is 0 Å². The van der Waals surface area contributed by atoms with E-state index in [9.17, 15) is 0 Å². The van der Waals surface area contributed by atoms with Crippen molar-refractivity contribution in [3.63, 3.8) is 0 Å². The highest BCUT2D eigenvalue weighted by Gasteiger charge is 2.21. The molecule has 0 unspecified atom stereocenters. The SMILES string of the molecule is CC(C)(C)c1ccc(CC2CC2)cc1. The molecule has 0 aliphatic heterocycles. The van der Waals surface area contributed by atoms with Crippen molar-refractivity contribution in [2.24, 2.45) is 5.92 Å². The summed E-state index contributed by atoms with van der Waals surface area (Å²) in [6.07, 6.45) is 4.19. The Morgan fingerprint density at radius 2 is 1.64 bits per heavy atom. The summed E-state index contributed by atoms with van der Waals surface area (Å²) in [5.74, 6) is 0.996. The molecule has 1 aromatic rings. The van der Waals surface area contributed by atoms with E-state index in [-0.39, 0.29) is 5.41 Å². The van der Waals surface area contributed by atoms with Crippen LogP contribution in [-0.2, 0) is 11.8 Å². The average Bonchev–Trinajstić information content (AvgIpc) is 2.88. The van der Waals surface area contributed by atoms with E-state index in [4.69, 9.17) is 0 Å². The van der Waals surface area contributed by atoms with E-state index >= 15 is 0 Å². The molecule has 1 aromatic carbocycles. The van der Waals surface area contributed by atoms with Crippen LogP contribution in [0.4, 0.5) is 0 Å². The van der Waals surface area contributed by atoms with Crippen LogP contribution in [-0.4, -0.2) is 0 Å². The number of hydrogen-bond donors (Lipinski definition) is 0. The molecule has 1 saturated carbocycles. The summed E-state index contributed by atoms with van der Waals surface area (Å²) in [4.78, 5) is 0. The summed E-state index contributed by atoms with van der Waals surface area (Å²) in [7, 11) is 0. The smallest absolute Gasteiger partial charge is 0.0132 e. The van der Waals surface area contributed by atoms with E-state index in [2.05, 4.69) is 45.0 Å². The number of hydrogen-bond acceptors (Lipinski definition) is 0. The van der Waals surface area contributed by atoms with Crippen LogP contribution in [0.3, 0.4) is 0 Å². The maximum Gasteiger partial charge on any atom is -0.0132 e. The van der Waals surface area contributed by atoms with Crippen LogP contribution in [0.1, 0.15) is 44.7 Å². The van der Waals surface area contributed by atoms with Crippen molar-refractivity contribution >= 4 is 0 Å². The topological polar surface area (TPSA) is 0 Å². The Balaban J connectivity index is 2.08. The van der Waals surface area contributed by atoms with Crippen LogP contribution < -0.4 is 0 Å². The molecular formula is C14H20. The van der Waals surface area contributed by atoms with Crippen molar-refractivity contribution in [1.29, 1.82) is 0 Å². The molecule has 0 heterocycles. The molecule has 1 fully saturated rings. The first-order chi connectivity index (χ1) is 6.55. The van der Waals surface area contributed by atoms with Gasteiger partial charge in [-0.15, -0.1) is 0 Å². The van der Waals surface area contributed by atoms with Gasteiger partial charge in [0.25, 0.3) is 0 Å². The van der Waals surface area contributed by atoms with Gasteiger partial charge in [-0.25, -0.2) is 0 Å². The molecule has 0 bridgehead atoms. The maximum atomic E-state index is 2.30. The Morgan fingerprint density at radius 1 is 1.07 bits per heavy atom. The van der Waals surface area contributed by atoms with E-state index in [1.807, 2.05) is 0 Å². The minimum absolute atomic E-state index is 0.290. The van der Waals surface area contributed by atoms with Gasteiger partial charge in [0.05, 0.1) is 0 Å². The molecule has 0 amide bonds. The summed E-state index contributed by atoms with van der Waals surface area (Å²) < 4.78 is 0. The first-order valence-electron chi connectivity index (χ1n) is 5.65. The third-order valence-electron chi connectivity index (χ3n) is 3.04. The molecule has 0 heteroatoms. The van der Waals surface area contributed by atoms with Gasteiger partial charge in [-0.2, -0.15) is 0 Å². The van der Waals surface area contributed by atoms with Crippen LogP contribution in [0, 0.1) is 5.92 Å². The minimum Gasteiger partial charge on any atom is -0.0587 e. The summed E-state index contributed by atoms with van der Waals surface area (Å²) >= 11 is 0. The normalized spacial score (nSPS) is 17.1. The molecule has 0 nitrogen and oxygen atoms in total. The van der Waals surface area contributed by atoms with Crippen LogP contribution in [0.15, 0.2) is 24.3 Å². The van der Waals surface area contributed by atoms with Gasteiger partial charge in [0.1, 0.15) is 0 Å². The van der Waals surface area contributed by atoms with Crippen LogP contribution in [0.2, 0.25) is 0 Å². The average molecular weight is 188 g/mol. The Labute approximate surface area is 87.3 Å². The Bertz CT molecular complexity index is 296. The lowest BCUT2D eigenvalue weighted by Gasteiger charge is -2.19. The van der Waals surface area contributed by atoms with Gasteiger partial charge in [0.15, 0.2) is 0 Å². The number of rotatable bonds is 2. The maximum absolute atomic E-state index is 2.30. The van der Waals surface area contributed by atoms with E-state index in [0.29, 0.717) is 0 Å².